The molecule has 0 saturated carbocycles. The summed E-state index contributed by atoms with van der Waals surface area (Å²) in [6, 6.07) is 16.4. The van der Waals surface area contributed by atoms with Gasteiger partial charge in [0.1, 0.15) is 12.4 Å². The molecule has 3 rings (SSSR count). The summed E-state index contributed by atoms with van der Waals surface area (Å²) in [5, 5.41) is 9.95. The normalized spacial score (nSPS) is 17.8. The quantitative estimate of drug-likeness (QED) is 0.618. The van der Waals surface area contributed by atoms with Gasteiger partial charge in [-0.25, -0.2) is 9.69 Å². The second-order valence-electron chi connectivity index (χ2n) is 8.14. The molecule has 166 valence electrons. The van der Waals surface area contributed by atoms with Gasteiger partial charge in [-0.05, 0) is 42.0 Å². The number of nitrogens with zero attached hydrogens (tertiary/aromatic N) is 1. The molecule has 0 aliphatic carbocycles. The van der Waals surface area contributed by atoms with E-state index in [4.69, 9.17) is 9.47 Å². The van der Waals surface area contributed by atoms with Crippen LogP contribution in [0.4, 0.5) is 4.79 Å². The number of hydrogen-bond acceptors (Lipinski definition) is 5. The minimum absolute atomic E-state index is 0.153. The van der Waals surface area contributed by atoms with Crippen LogP contribution in [0.15, 0.2) is 54.6 Å². The van der Waals surface area contributed by atoms with Crippen molar-refractivity contribution < 1.29 is 24.2 Å². The number of aliphatic hydroxyl groups excluding tert-OH is 1. The van der Waals surface area contributed by atoms with Crippen molar-refractivity contribution in [3.8, 4) is 5.75 Å². The Labute approximate surface area is 183 Å². The first kappa shape index (κ1) is 22.8. The Bertz CT molecular complexity index is 852. The standard InChI is InChI=1S/C25H31NO5/c1-3-7-18(2)16-30-22-12-10-20(11-13-22)23(15-27)24(28)26-21(17-31-25(26)29)14-19-8-5-4-6-9-19/h4-6,8-13,18,21,23,27H,3,7,14-17H2,1-2H3/t18?,21-,23?/m1/s1. The molecule has 6 nitrogen and oxygen atoms in total. The van der Waals surface area contributed by atoms with Gasteiger partial charge in [0, 0.05) is 0 Å². The van der Waals surface area contributed by atoms with Gasteiger partial charge in [0.05, 0.1) is 25.2 Å². The van der Waals surface area contributed by atoms with E-state index in [1.165, 1.54) is 0 Å². The van der Waals surface area contributed by atoms with E-state index < -0.39 is 24.5 Å². The van der Waals surface area contributed by atoms with Crippen molar-refractivity contribution in [1.29, 1.82) is 0 Å². The van der Waals surface area contributed by atoms with Gasteiger partial charge in [-0.15, -0.1) is 0 Å². The zero-order chi connectivity index (χ0) is 22.2. The largest absolute Gasteiger partial charge is 0.493 e. The summed E-state index contributed by atoms with van der Waals surface area (Å²) in [6.07, 6.45) is 2.08. The molecule has 1 aliphatic rings. The van der Waals surface area contributed by atoms with Crippen LogP contribution in [-0.4, -0.2) is 47.9 Å². The topological polar surface area (TPSA) is 76.1 Å². The number of benzene rings is 2. The number of cyclic esters (lactones) is 1. The fourth-order valence-corrected chi connectivity index (χ4v) is 3.87. The monoisotopic (exact) mass is 425 g/mol. The van der Waals surface area contributed by atoms with E-state index in [1.54, 1.807) is 24.3 Å². The van der Waals surface area contributed by atoms with Gasteiger partial charge in [0.15, 0.2) is 0 Å². The number of hydrogen-bond donors (Lipinski definition) is 1. The molecule has 0 bridgehead atoms. The number of rotatable bonds is 10. The zero-order valence-electron chi connectivity index (χ0n) is 18.2. The average Bonchev–Trinajstić information content (AvgIpc) is 3.14. The molecule has 1 aliphatic heterocycles. The van der Waals surface area contributed by atoms with E-state index in [2.05, 4.69) is 13.8 Å². The third-order valence-electron chi connectivity index (χ3n) is 5.59. The van der Waals surface area contributed by atoms with Crippen molar-refractivity contribution in [3.63, 3.8) is 0 Å². The molecule has 1 heterocycles. The maximum Gasteiger partial charge on any atom is 0.417 e. The molecule has 0 radical (unpaired) electrons. The number of imide groups is 1. The second-order valence-corrected chi connectivity index (χ2v) is 8.14. The minimum atomic E-state index is -0.836. The lowest BCUT2D eigenvalue weighted by atomic mass is 9.97. The van der Waals surface area contributed by atoms with Crippen LogP contribution in [0.5, 0.6) is 5.75 Å². The Morgan fingerprint density at radius 2 is 1.90 bits per heavy atom. The number of amides is 2. The first-order valence-corrected chi connectivity index (χ1v) is 10.9. The van der Waals surface area contributed by atoms with Crippen LogP contribution in [0.1, 0.15) is 43.7 Å². The molecule has 3 atom stereocenters. The Morgan fingerprint density at radius 1 is 1.19 bits per heavy atom. The summed E-state index contributed by atoms with van der Waals surface area (Å²) in [4.78, 5) is 26.7. The van der Waals surface area contributed by atoms with Gasteiger partial charge in [-0.1, -0.05) is 62.7 Å². The Hall–Kier alpha value is -2.86. The molecule has 2 aromatic carbocycles. The SMILES string of the molecule is CCCC(C)COc1ccc(C(CO)C(=O)N2C(=O)OC[C@H]2Cc2ccccc2)cc1. The summed E-state index contributed by atoms with van der Waals surface area (Å²) in [5.41, 5.74) is 1.66. The predicted octanol–water partition coefficient (Wildman–Crippen LogP) is 4.17. The van der Waals surface area contributed by atoms with Crippen LogP contribution in [0.2, 0.25) is 0 Å². The van der Waals surface area contributed by atoms with Gasteiger partial charge in [-0.3, -0.25) is 4.79 Å². The smallest absolute Gasteiger partial charge is 0.417 e. The average molecular weight is 426 g/mol. The van der Waals surface area contributed by atoms with Crippen LogP contribution in [0.25, 0.3) is 0 Å². The first-order valence-electron chi connectivity index (χ1n) is 10.9. The highest BCUT2D eigenvalue weighted by molar-refractivity contribution is 5.97. The maximum atomic E-state index is 13.2. The number of aliphatic hydroxyl groups is 1. The third-order valence-corrected chi connectivity index (χ3v) is 5.59. The van der Waals surface area contributed by atoms with Gasteiger partial charge >= 0.3 is 6.09 Å². The van der Waals surface area contributed by atoms with Gasteiger partial charge in [0.25, 0.3) is 0 Å². The molecular weight excluding hydrogens is 394 g/mol. The fourth-order valence-electron chi connectivity index (χ4n) is 3.87. The van der Waals surface area contributed by atoms with Crippen molar-refractivity contribution in [1.82, 2.24) is 4.90 Å². The van der Waals surface area contributed by atoms with E-state index >= 15 is 0 Å². The highest BCUT2D eigenvalue weighted by Crippen LogP contribution is 2.26. The molecule has 2 aromatic rings. The summed E-state index contributed by atoms with van der Waals surface area (Å²) >= 11 is 0. The Balaban J connectivity index is 1.68. The highest BCUT2D eigenvalue weighted by atomic mass is 16.6. The maximum absolute atomic E-state index is 13.2. The van der Waals surface area contributed by atoms with E-state index in [9.17, 15) is 14.7 Å². The van der Waals surface area contributed by atoms with Crippen LogP contribution < -0.4 is 4.74 Å². The molecule has 1 N–H and O–H groups in total. The Kier molecular flexibility index (Phi) is 8.06. The van der Waals surface area contributed by atoms with Gasteiger partial charge in [-0.2, -0.15) is 0 Å². The first-order chi connectivity index (χ1) is 15.0. The van der Waals surface area contributed by atoms with Gasteiger partial charge < -0.3 is 14.6 Å². The predicted molar refractivity (Wildman–Crippen MR) is 118 cm³/mol. The molecule has 1 saturated heterocycles. The summed E-state index contributed by atoms with van der Waals surface area (Å²) in [5.74, 6) is -0.0919. The van der Waals surface area contributed by atoms with E-state index in [0.717, 1.165) is 29.1 Å². The minimum Gasteiger partial charge on any atom is -0.493 e. The zero-order valence-corrected chi connectivity index (χ0v) is 18.2. The van der Waals surface area contributed by atoms with E-state index in [0.29, 0.717) is 24.5 Å². The van der Waals surface area contributed by atoms with Crippen molar-refractivity contribution in [2.45, 2.75) is 45.1 Å². The fraction of sp³-hybridized carbons (Fsp3) is 0.440. The van der Waals surface area contributed by atoms with E-state index in [1.807, 2.05) is 30.3 Å². The third kappa shape index (κ3) is 5.85. The lowest BCUT2D eigenvalue weighted by molar-refractivity contribution is -0.131. The molecule has 1 fully saturated rings. The van der Waals surface area contributed by atoms with Crippen molar-refractivity contribution in [2.24, 2.45) is 5.92 Å². The van der Waals surface area contributed by atoms with Crippen molar-refractivity contribution in [2.75, 3.05) is 19.8 Å². The molecule has 0 spiro atoms. The van der Waals surface area contributed by atoms with Gasteiger partial charge in [0.2, 0.25) is 5.91 Å². The molecule has 6 heteroatoms. The van der Waals surface area contributed by atoms with Crippen LogP contribution in [0, 0.1) is 5.92 Å². The van der Waals surface area contributed by atoms with Crippen LogP contribution in [-0.2, 0) is 16.0 Å². The summed E-state index contributed by atoms with van der Waals surface area (Å²) in [6.45, 7) is 4.70. The molecule has 31 heavy (non-hydrogen) atoms. The number of carbonyl (C=O) groups is 2. The second kappa shape index (κ2) is 11.0. The van der Waals surface area contributed by atoms with Crippen LogP contribution in [0.3, 0.4) is 0 Å². The summed E-state index contributed by atoms with van der Waals surface area (Å²) in [7, 11) is 0. The highest BCUT2D eigenvalue weighted by Gasteiger charge is 2.41. The number of ether oxygens (including phenoxy) is 2. The number of carbonyl (C=O) groups excluding carboxylic acids is 2. The summed E-state index contributed by atoms with van der Waals surface area (Å²) < 4.78 is 11.0. The Morgan fingerprint density at radius 3 is 2.55 bits per heavy atom. The lowest BCUT2D eigenvalue weighted by Gasteiger charge is -2.24. The molecular formula is C25H31NO5. The molecule has 2 unspecified atom stereocenters. The molecule has 2 amide bonds. The molecule has 0 aromatic heterocycles. The van der Waals surface area contributed by atoms with Crippen molar-refractivity contribution >= 4 is 12.0 Å². The lowest BCUT2D eigenvalue weighted by Crippen LogP contribution is -2.43. The van der Waals surface area contributed by atoms with Crippen molar-refractivity contribution in [3.05, 3.63) is 65.7 Å². The van der Waals surface area contributed by atoms with Crippen LogP contribution >= 0.6 is 0 Å². The van der Waals surface area contributed by atoms with E-state index in [-0.39, 0.29) is 12.6 Å².